The number of halogens is 1. The van der Waals surface area contributed by atoms with Gasteiger partial charge in [-0.3, -0.25) is 0 Å². The minimum Gasteiger partial charge on any atom is -0.302 e. The molecule has 1 aromatic rings. The lowest BCUT2D eigenvalue weighted by molar-refractivity contribution is 0.606. The van der Waals surface area contributed by atoms with Gasteiger partial charge in [0.1, 0.15) is 5.82 Å². The number of rotatable bonds is 4. The van der Waals surface area contributed by atoms with Crippen LogP contribution in [0.25, 0.3) is 0 Å². The number of nitrogens with zero attached hydrogens (tertiary/aromatic N) is 3. The van der Waals surface area contributed by atoms with Crippen molar-refractivity contribution in [3.05, 3.63) is 11.1 Å². The minimum atomic E-state index is 0.514. The zero-order chi connectivity index (χ0) is 8.97. The first kappa shape index (κ1) is 9.52. The lowest BCUT2D eigenvalue weighted by Crippen LogP contribution is -2.02. The molecule has 0 bridgehead atoms. The van der Waals surface area contributed by atoms with Gasteiger partial charge in [0.05, 0.1) is 0 Å². The lowest BCUT2D eigenvalue weighted by Gasteiger charge is -2.03. The van der Waals surface area contributed by atoms with Crippen LogP contribution in [0.2, 0.25) is 5.28 Å². The molecule has 0 N–H and O–H groups in total. The number of aromatic nitrogens is 3. The molecule has 1 rings (SSSR count). The standard InChI is InChI=1S/C8H14ClN3/c1-3-5-6-12-7(4-2)10-11-8(12)9/h3-6H2,1-2H3. The molecule has 12 heavy (non-hydrogen) atoms. The molecule has 0 fully saturated rings. The van der Waals surface area contributed by atoms with E-state index in [2.05, 4.69) is 24.0 Å². The second-order valence-corrected chi connectivity index (χ2v) is 3.08. The highest BCUT2D eigenvalue weighted by molar-refractivity contribution is 6.28. The van der Waals surface area contributed by atoms with E-state index in [1.165, 1.54) is 0 Å². The second kappa shape index (κ2) is 4.45. The van der Waals surface area contributed by atoms with Crippen LogP contribution in [-0.4, -0.2) is 14.8 Å². The van der Waals surface area contributed by atoms with Crippen molar-refractivity contribution in [2.24, 2.45) is 0 Å². The van der Waals surface area contributed by atoms with E-state index in [1.807, 2.05) is 4.57 Å². The van der Waals surface area contributed by atoms with Crippen molar-refractivity contribution >= 4 is 11.6 Å². The summed E-state index contributed by atoms with van der Waals surface area (Å²) < 4.78 is 1.98. The molecule has 0 aliphatic rings. The Morgan fingerprint density at radius 2 is 2.08 bits per heavy atom. The number of aryl methyl sites for hydroxylation is 1. The molecule has 3 nitrogen and oxygen atoms in total. The third kappa shape index (κ3) is 1.97. The molecule has 0 atom stereocenters. The van der Waals surface area contributed by atoms with Crippen LogP contribution in [0.1, 0.15) is 32.5 Å². The third-order valence-electron chi connectivity index (χ3n) is 1.83. The largest absolute Gasteiger partial charge is 0.302 e. The van der Waals surface area contributed by atoms with E-state index in [-0.39, 0.29) is 0 Å². The van der Waals surface area contributed by atoms with Crippen molar-refractivity contribution in [1.29, 1.82) is 0 Å². The average Bonchev–Trinajstić information content (AvgIpc) is 2.43. The van der Waals surface area contributed by atoms with Gasteiger partial charge in [-0.25, -0.2) is 0 Å². The van der Waals surface area contributed by atoms with Gasteiger partial charge in [-0.05, 0) is 18.0 Å². The topological polar surface area (TPSA) is 30.7 Å². The first-order valence-electron chi connectivity index (χ1n) is 4.37. The van der Waals surface area contributed by atoms with Crippen LogP contribution in [0.5, 0.6) is 0 Å². The molecule has 0 aliphatic heterocycles. The van der Waals surface area contributed by atoms with Gasteiger partial charge in [0.15, 0.2) is 0 Å². The van der Waals surface area contributed by atoms with E-state index in [1.54, 1.807) is 0 Å². The monoisotopic (exact) mass is 187 g/mol. The fraction of sp³-hybridized carbons (Fsp3) is 0.750. The summed E-state index contributed by atoms with van der Waals surface area (Å²) in [7, 11) is 0. The number of unbranched alkanes of at least 4 members (excludes halogenated alkanes) is 1. The smallest absolute Gasteiger partial charge is 0.225 e. The van der Waals surface area contributed by atoms with E-state index in [9.17, 15) is 0 Å². The van der Waals surface area contributed by atoms with Gasteiger partial charge < -0.3 is 4.57 Å². The van der Waals surface area contributed by atoms with Gasteiger partial charge in [-0.1, -0.05) is 20.3 Å². The summed E-state index contributed by atoms with van der Waals surface area (Å²) in [6, 6.07) is 0. The van der Waals surface area contributed by atoms with Crippen LogP contribution in [0, 0.1) is 0 Å². The van der Waals surface area contributed by atoms with Crippen LogP contribution >= 0.6 is 11.6 Å². The van der Waals surface area contributed by atoms with Crippen molar-refractivity contribution < 1.29 is 0 Å². The molecule has 68 valence electrons. The summed E-state index contributed by atoms with van der Waals surface area (Å²) >= 11 is 5.85. The Hall–Kier alpha value is -0.570. The summed E-state index contributed by atoms with van der Waals surface area (Å²) in [6.07, 6.45) is 3.19. The highest BCUT2D eigenvalue weighted by Crippen LogP contribution is 2.09. The predicted octanol–water partition coefficient (Wildman–Crippen LogP) is 2.29. The Morgan fingerprint density at radius 3 is 2.67 bits per heavy atom. The normalized spacial score (nSPS) is 10.6. The first-order valence-corrected chi connectivity index (χ1v) is 4.75. The molecule has 0 amide bonds. The summed E-state index contributed by atoms with van der Waals surface area (Å²) in [5, 5.41) is 8.30. The van der Waals surface area contributed by atoms with Gasteiger partial charge in [0.2, 0.25) is 5.28 Å². The summed E-state index contributed by atoms with van der Waals surface area (Å²) in [6.45, 7) is 5.15. The average molecular weight is 188 g/mol. The molecule has 0 aromatic carbocycles. The van der Waals surface area contributed by atoms with E-state index < -0.39 is 0 Å². The Kier molecular flexibility index (Phi) is 3.53. The quantitative estimate of drug-likeness (QED) is 0.724. The van der Waals surface area contributed by atoms with Gasteiger partial charge >= 0.3 is 0 Å². The van der Waals surface area contributed by atoms with Crippen molar-refractivity contribution in [2.75, 3.05) is 0 Å². The summed E-state index contributed by atoms with van der Waals surface area (Å²) in [4.78, 5) is 0. The van der Waals surface area contributed by atoms with Crippen LogP contribution < -0.4 is 0 Å². The molecule has 0 spiro atoms. The molecule has 1 aromatic heterocycles. The van der Waals surface area contributed by atoms with Crippen LogP contribution in [0.4, 0.5) is 0 Å². The maximum absolute atomic E-state index is 5.85. The highest BCUT2D eigenvalue weighted by Gasteiger charge is 2.06. The molecule has 0 unspecified atom stereocenters. The molecule has 0 saturated carbocycles. The van der Waals surface area contributed by atoms with E-state index in [4.69, 9.17) is 11.6 Å². The van der Waals surface area contributed by atoms with E-state index in [0.717, 1.165) is 31.6 Å². The maximum Gasteiger partial charge on any atom is 0.225 e. The van der Waals surface area contributed by atoms with Crippen molar-refractivity contribution in [2.45, 2.75) is 39.7 Å². The fourth-order valence-corrected chi connectivity index (χ4v) is 1.33. The van der Waals surface area contributed by atoms with Crippen molar-refractivity contribution in [3.8, 4) is 0 Å². The van der Waals surface area contributed by atoms with Gasteiger partial charge in [0.25, 0.3) is 0 Å². The molecule has 0 aliphatic carbocycles. The second-order valence-electron chi connectivity index (χ2n) is 2.74. The fourth-order valence-electron chi connectivity index (χ4n) is 1.11. The Bertz CT molecular complexity index is 244. The van der Waals surface area contributed by atoms with Crippen molar-refractivity contribution in [1.82, 2.24) is 14.8 Å². The molecule has 0 saturated heterocycles. The molecule has 4 heteroatoms. The van der Waals surface area contributed by atoms with E-state index in [0.29, 0.717) is 5.28 Å². The van der Waals surface area contributed by atoms with E-state index >= 15 is 0 Å². The summed E-state index contributed by atoms with van der Waals surface area (Å²) in [5.41, 5.74) is 0. The Morgan fingerprint density at radius 1 is 1.33 bits per heavy atom. The van der Waals surface area contributed by atoms with Crippen LogP contribution in [0.3, 0.4) is 0 Å². The Balaban J connectivity index is 2.72. The predicted molar refractivity (Wildman–Crippen MR) is 49.3 cm³/mol. The van der Waals surface area contributed by atoms with Gasteiger partial charge in [-0.2, -0.15) is 0 Å². The zero-order valence-corrected chi connectivity index (χ0v) is 8.30. The summed E-state index contributed by atoms with van der Waals surface area (Å²) in [5.74, 6) is 0.980. The third-order valence-corrected chi connectivity index (χ3v) is 2.11. The molecule has 1 heterocycles. The van der Waals surface area contributed by atoms with Crippen LogP contribution in [0.15, 0.2) is 0 Å². The highest BCUT2D eigenvalue weighted by atomic mass is 35.5. The molecular formula is C8H14ClN3. The maximum atomic E-state index is 5.85. The first-order chi connectivity index (χ1) is 5.79. The van der Waals surface area contributed by atoms with Crippen LogP contribution in [-0.2, 0) is 13.0 Å². The minimum absolute atomic E-state index is 0.514. The van der Waals surface area contributed by atoms with Gasteiger partial charge in [-0.15, -0.1) is 10.2 Å². The Labute approximate surface area is 77.8 Å². The number of hydrogen-bond acceptors (Lipinski definition) is 2. The molecular weight excluding hydrogens is 174 g/mol. The molecule has 0 radical (unpaired) electrons. The van der Waals surface area contributed by atoms with Gasteiger partial charge in [0, 0.05) is 13.0 Å². The van der Waals surface area contributed by atoms with Crippen molar-refractivity contribution in [3.63, 3.8) is 0 Å². The zero-order valence-electron chi connectivity index (χ0n) is 7.55. The lowest BCUT2D eigenvalue weighted by atomic mass is 10.3. The SMILES string of the molecule is CCCCn1c(Cl)nnc1CC. The number of hydrogen-bond donors (Lipinski definition) is 0.